The van der Waals surface area contributed by atoms with Gasteiger partial charge in [0.05, 0.1) is 22.7 Å². The predicted octanol–water partition coefficient (Wildman–Crippen LogP) is 2.49. The number of sulfone groups is 2. The number of aromatic nitrogens is 2. The number of rotatable bonds is 6. The Kier molecular flexibility index (Phi) is 6.73. The summed E-state index contributed by atoms with van der Waals surface area (Å²) in [6.07, 6.45) is 2.29. The molecule has 0 radical (unpaired) electrons. The maximum Gasteiger partial charge on any atom is 0.274 e. The van der Waals surface area contributed by atoms with Crippen LogP contribution in [0.5, 0.6) is 0 Å². The molecule has 0 saturated carbocycles. The molecule has 0 N–H and O–H groups in total. The van der Waals surface area contributed by atoms with Crippen molar-refractivity contribution in [1.29, 1.82) is 0 Å². The number of carbonyl (C=O) groups is 1. The van der Waals surface area contributed by atoms with Crippen molar-refractivity contribution in [3.63, 3.8) is 0 Å². The first-order valence-corrected chi connectivity index (χ1v) is 13.8. The Balaban J connectivity index is 1.99. The number of halogens is 1. The van der Waals surface area contributed by atoms with Crippen molar-refractivity contribution in [3.8, 4) is 0 Å². The predicted molar refractivity (Wildman–Crippen MR) is 118 cm³/mol. The van der Waals surface area contributed by atoms with Crippen LogP contribution in [-0.2, 0) is 26.2 Å². The molecule has 2 aromatic rings. The van der Waals surface area contributed by atoms with Crippen LogP contribution < -0.4 is 0 Å². The molecule has 0 unspecified atom stereocenters. The number of carbonyl (C=O) groups excluding carboxylic acids is 1. The molecule has 8 nitrogen and oxygen atoms in total. The zero-order valence-electron chi connectivity index (χ0n) is 17.4. The van der Waals surface area contributed by atoms with E-state index in [4.69, 9.17) is 11.6 Å². The van der Waals surface area contributed by atoms with Crippen LogP contribution in [0, 0.1) is 0 Å². The molecule has 0 aliphatic carbocycles. The zero-order valence-corrected chi connectivity index (χ0v) is 19.8. The topological polar surface area (TPSA) is 114 Å². The molecule has 0 spiro atoms. The molecular weight excluding hydrogens is 462 g/mol. The SMILES string of the molecule is CC(C)c1ccc(CN(C(=O)c2nc(S(C)(=O)=O)ncc2Cl)[C@@H]2CCS(=O)(=O)C2)cc1. The van der Waals surface area contributed by atoms with Gasteiger partial charge >= 0.3 is 0 Å². The normalized spacial score (nSPS) is 18.3. The second kappa shape index (κ2) is 8.84. The molecule has 1 aromatic carbocycles. The fourth-order valence-corrected chi connectivity index (χ4v) is 5.81. The van der Waals surface area contributed by atoms with Crippen molar-refractivity contribution < 1.29 is 21.6 Å². The lowest BCUT2D eigenvalue weighted by Crippen LogP contribution is -2.41. The molecule has 1 fully saturated rings. The van der Waals surface area contributed by atoms with Crippen LogP contribution in [-0.4, -0.2) is 61.4 Å². The molecule has 31 heavy (non-hydrogen) atoms. The molecule has 11 heteroatoms. The highest BCUT2D eigenvalue weighted by molar-refractivity contribution is 7.91. The highest BCUT2D eigenvalue weighted by Gasteiger charge is 2.36. The lowest BCUT2D eigenvalue weighted by atomic mass is 10.0. The first-order valence-electron chi connectivity index (χ1n) is 9.70. The number of hydrogen-bond donors (Lipinski definition) is 0. The van der Waals surface area contributed by atoms with E-state index in [1.807, 2.05) is 24.3 Å². The van der Waals surface area contributed by atoms with E-state index in [0.717, 1.165) is 23.6 Å². The summed E-state index contributed by atoms with van der Waals surface area (Å²) >= 11 is 6.12. The Bertz CT molecular complexity index is 1200. The van der Waals surface area contributed by atoms with E-state index in [0.29, 0.717) is 12.3 Å². The second-order valence-corrected chi connectivity index (χ2v) is 12.6. The van der Waals surface area contributed by atoms with E-state index >= 15 is 0 Å². The maximum absolute atomic E-state index is 13.4. The van der Waals surface area contributed by atoms with Gasteiger partial charge in [-0.2, -0.15) is 0 Å². The van der Waals surface area contributed by atoms with Gasteiger partial charge in [0.25, 0.3) is 5.91 Å². The molecule has 1 aliphatic rings. The quantitative estimate of drug-likeness (QED) is 0.577. The third-order valence-corrected chi connectivity index (χ3v) is 8.05. The van der Waals surface area contributed by atoms with Gasteiger partial charge in [0.1, 0.15) is 0 Å². The van der Waals surface area contributed by atoms with Crippen LogP contribution in [0.2, 0.25) is 5.02 Å². The fourth-order valence-electron chi connectivity index (χ4n) is 3.41. The highest BCUT2D eigenvalue weighted by atomic mass is 35.5. The van der Waals surface area contributed by atoms with Crippen molar-refractivity contribution in [2.24, 2.45) is 0 Å². The highest BCUT2D eigenvalue weighted by Crippen LogP contribution is 2.25. The average molecular weight is 486 g/mol. The number of hydrogen-bond acceptors (Lipinski definition) is 7. The summed E-state index contributed by atoms with van der Waals surface area (Å²) in [4.78, 5) is 22.4. The van der Waals surface area contributed by atoms with Gasteiger partial charge in [0.15, 0.2) is 15.5 Å². The lowest BCUT2D eigenvalue weighted by Gasteiger charge is -2.28. The third-order valence-electron chi connectivity index (χ3n) is 5.17. The fraction of sp³-hybridized carbons (Fsp3) is 0.450. The van der Waals surface area contributed by atoms with Gasteiger partial charge in [0, 0.05) is 18.8 Å². The van der Waals surface area contributed by atoms with Crippen molar-refractivity contribution in [1.82, 2.24) is 14.9 Å². The van der Waals surface area contributed by atoms with Gasteiger partial charge in [-0.3, -0.25) is 4.79 Å². The first kappa shape index (κ1) is 23.6. The summed E-state index contributed by atoms with van der Waals surface area (Å²) in [7, 11) is -7.02. The largest absolute Gasteiger partial charge is 0.329 e. The molecule has 3 rings (SSSR count). The molecular formula is C20H24ClN3O5S2. The monoisotopic (exact) mass is 485 g/mol. The van der Waals surface area contributed by atoms with E-state index in [1.165, 1.54) is 4.90 Å². The summed E-state index contributed by atoms with van der Waals surface area (Å²) in [5, 5.41) is -0.612. The van der Waals surface area contributed by atoms with Crippen LogP contribution in [0.25, 0.3) is 0 Å². The maximum atomic E-state index is 13.4. The summed E-state index contributed by atoms with van der Waals surface area (Å²) in [5.41, 5.74) is 1.69. The van der Waals surface area contributed by atoms with E-state index in [9.17, 15) is 21.6 Å². The van der Waals surface area contributed by atoms with Crippen molar-refractivity contribution >= 4 is 37.2 Å². The molecule has 2 heterocycles. The Morgan fingerprint density at radius 2 is 1.90 bits per heavy atom. The van der Waals surface area contributed by atoms with Gasteiger partial charge in [0.2, 0.25) is 15.0 Å². The Labute approximate surface area is 187 Å². The van der Waals surface area contributed by atoms with Crippen LogP contribution in [0.15, 0.2) is 35.6 Å². The molecule has 1 amide bonds. The number of amides is 1. The third kappa shape index (κ3) is 5.61. The minimum atomic E-state index is -3.76. The number of nitrogens with zero attached hydrogens (tertiary/aromatic N) is 3. The number of benzene rings is 1. The van der Waals surface area contributed by atoms with E-state index in [2.05, 4.69) is 23.8 Å². The Morgan fingerprint density at radius 1 is 1.26 bits per heavy atom. The molecule has 1 aliphatic heterocycles. The molecule has 1 saturated heterocycles. The average Bonchev–Trinajstić information content (AvgIpc) is 3.05. The summed E-state index contributed by atoms with van der Waals surface area (Å²) < 4.78 is 47.8. The standard InChI is InChI=1S/C20H24ClN3O5S2/c1-13(2)15-6-4-14(5-7-15)11-24(16-8-9-31(28,29)12-16)19(25)18-17(21)10-22-20(23-18)30(3,26)27/h4-7,10,13,16H,8-9,11-12H2,1-3H3/t16-/m1/s1. The van der Waals surface area contributed by atoms with Crippen LogP contribution in [0.3, 0.4) is 0 Å². The zero-order chi connectivity index (χ0) is 23.0. The van der Waals surface area contributed by atoms with E-state index < -0.39 is 36.8 Å². The van der Waals surface area contributed by atoms with Gasteiger partial charge < -0.3 is 4.90 Å². The van der Waals surface area contributed by atoms with E-state index in [1.54, 1.807) is 0 Å². The minimum Gasteiger partial charge on any atom is -0.329 e. The molecule has 168 valence electrons. The lowest BCUT2D eigenvalue weighted by molar-refractivity contribution is 0.0674. The first-order chi connectivity index (χ1) is 14.4. The van der Waals surface area contributed by atoms with Gasteiger partial charge in [-0.25, -0.2) is 26.8 Å². The van der Waals surface area contributed by atoms with Crippen molar-refractivity contribution in [2.75, 3.05) is 17.8 Å². The second-order valence-electron chi connectivity index (χ2n) is 8.01. The minimum absolute atomic E-state index is 0.0141. The molecule has 1 atom stereocenters. The van der Waals surface area contributed by atoms with E-state index in [-0.39, 0.29) is 28.8 Å². The van der Waals surface area contributed by atoms with Crippen molar-refractivity contribution in [2.45, 2.75) is 43.9 Å². The smallest absolute Gasteiger partial charge is 0.274 e. The van der Waals surface area contributed by atoms with Gasteiger partial charge in [-0.05, 0) is 23.5 Å². The summed E-state index contributed by atoms with van der Waals surface area (Å²) in [6, 6.07) is 7.15. The molecule has 0 bridgehead atoms. The Hall–Kier alpha value is -2.04. The van der Waals surface area contributed by atoms with Crippen LogP contribution in [0.1, 0.15) is 47.8 Å². The van der Waals surface area contributed by atoms with Crippen LogP contribution in [0.4, 0.5) is 0 Å². The summed E-state index contributed by atoms with van der Waals surface area (Å²) in [5.74, 6) is -0.460. The van der Waals surface area contributed by atoms with Gasteiger partial charge in [-0.15, -0.1) is 0 Å². The van der Waals surface area contributed by atoms with Crippen LogP contribution >= 0.6 is 11.6 Å². The van der Waals surface area contributed by atoms with Gasteiger partial charge in [-0.1, -0.05) is 49.7 Å². The molecule has 1 aromatic heterocycles. The van der Waals surface area contributed by atoms with Crippen molar-refractivity contribution in [3.05, 3.63) is 52.3 Å². The Morgan fingerprint density at radius 3 is 2.42 bits per heavy atom. The summed E-state index contributed by atoms with van der Waals surface area (Å²) in [6.45, 7) is 4.29.